The fraction of sp³-hybridized carbons (Fsp3) is 0.417. The maximum absolute atomic E-state index is 12.5. The van der Waals surface area contributed by atoms with E-state index in [0.29, 0.717) is 17.9 Å². The third-order valence-electron chi connectivity index (χ3n) is 6.76. The van der Waals surface area contributed by atoms with E-state index in [1.165, 1.54) is 22.6 Å². The van der Waals surface area contributed by atoms with Gasteiger partial charge in [-0.25, -0.2) is 0 Å². The van der Waals surface area contributed by atoms with Crippen LogP contribution in [0.15, 0.2) is 47.8 Å². The largest absolute Gasteiger partial charge is 0.350 e. The van der Waals surface area contributed by atoms with Gasteiger partial charge in [0.15, 0.2) is 0 Å². The molecule has 30 heavy (non-hydrogen) atoms. The molecule has 2 bridgehead atoms. The van der Waals surface area contributed by atoms with Gasteiger partial charge in [-0.15, -0.1) is 11.3 Å². The molecule has 3 saturated heterocycles. The standard InChI is InChI=1S/C24H28N4OS/c1-16-5-7-17(8-6-16)24(29)25-14-19-12-18-9-10-28(19)15-20(18)22-13-21(26-27(22)2)23-4-3-11-30-23/h3-8,11,13,18-20H,9-10,12,14-15H2,1-2H3,(H,25,29). The number of aromatic nitrogens is 2. The van der Waals surface area contributed by atoms with Crippen LogP contribution in [0.4, 0.5) is 0 Å². The number of nitrogens with one attached hydrogen (secondary N) is 1. The molecule has 1 amide bonds. The van der Waals surface area contributed by atoms with Crippen LogP contribution in [0.5, 0.6) is 0 Å². The number of piperidine rings is 3. The van der Waals surface area contributed by atoms with Crippen LogP contribution in [-0.4, -0.2) is 46.3 Å². The van der Waals surface area contributed by atoms with Gasteiger partial charge in [0.1, 0.15) is 5.69 Å². The highest BCUT2D eigenvalue weighted by Gasteiger charge is 2.41. The first-order valence-corrected chi connectivity index (χ1v) is 11.6. The number of carbonyl (C=O) groups is 1. The van der Waals surface area contributed by atoms with Crippen molar-refractivity contribution in [2.75, 3.05) is 19.6 Å². The average molecular weight is 421 g/mol. The van der Waals surface area contributed by atoms with Crippen molar-refractivity contribution in [2.45, 2.75) is 31.7 Å². The highest BCUT2D eigenvalue weighted by atomic mass is 32.1. The van der Waals surface area contributed by atoms with E-state index in [9.17, 15) is 4.79 Å². The lowest BCUT2D eigenvalue weighted by Crippen LogP contribution is -2.56. The maximum atomic E-state index is 12.5. The number of thiophene rings is 1. The Morgan fingerprint density at radius 3 is 2.80 bits per heavy atom. The van der Waals surface area contributed by atoms with Crippen molar-refractivity contribution in [3.63, 3.8) is 0 Å². The van der Waals surface area contributed by atoms with Crippen LogP contribution in [0.3, 0.4) is 0 Å². The van der Waals surface area contributed by atoms with E-state index >= 15 is 0 Å². The van der Waals surface area contributed by atoms with Crippen molar-refractivity contribution in [2.24, 2.45) is 13.0 Å². The predicted octanol–water partition coefficient (Wildman–Crippen LogP) is 4.06. The number of aryl methyl sites for hydroxylation is 2. The van der Waals surface area contributed by atoms with E-state index < -0.39 is 0 Å². The molecule has 3 aliphatic heterocycles. The Hall–Kier alpha value is -2.44. The van der Waals surface area contributed by atoms with Crippen LogP contribution in [0.1, 0.15) is 40.4 Å². The molecule has 0 aliphatic carbocycles. The molecule has 1 N–H and O–H groups in total. The molecular weight excluding hydrogens is 392 g/mol. The van der Waals surface area contributed by atoms with E-state index in [-0.39, 0.29) is 5.91 Å². The molecule has 5 heterocycles. The zero-order valence-electron chi connectivity index (χ0n) is 17.5. The Morgan fingerprint density at radius 2 is 2.10 bits per heavy atom. The molecular formula is C24H28N4OS. The van der Waals surface area contributed by atoms with E-state index in [1.807, 2.05) is 31.2 Å². The van der Waals surface area contributed by atoms with Crippen LogP contribution in [0, 0.1) is 12.8 Å². The summed E-state index contributed by atoms with van der Waals surface area (Å²) in [5, 5.41) is 10.1. The van der Waals surface area contributed by atoms with Crippen LogP contribution in [0.25, 0.3) is 10.6 Å². The Balaban J connectivity index is 1.24. The summed E-state index contributed by atoms with van der Waals surface area (Å²) in [6.07, 6.45) is 2.37. The minimum atomic E-state index is 0.0291. The molecule has 3 aromatic rings. The van der Waals surface area contributed by atoms with Gasteiger partial charge in [-0.1, -0.05) is 23.8 Å². The van der Waals surface area contributed by atoms with Crippen LogP contribution >= 0.6 is 11.3 Å². The topological polar surface area (TPSA) is 50.2 Å². The molecule has 1 aromatic carbocycles. The molecule has 0 spiro atoms. The number of fused-ring (bicyclic) bond motifs is 3. The lowest BCUT2D eigenvalue weighted by molar-refractivity contribution is 0.0280. The Bertz CT molecular complexity index is 1020. The number of hydrogen-bond acceptors (Lipinski definition) is 4. The second-order valence-electron chi connectivity index (χ2n) is 8.67. The van der Waals surface area contributed by atoms with E-state index in [4.69, 9.17) is 5.10 Å². The number of hydrogen-bond donors (Lipinski definition) is 1. The molecule has 5 nitrogen and oxygen atoms in total. The summed E-state index contributed by atoms with van der Waals surface area (Å²) in [4.78, 5) is 16.3. The first-order chi connectivity index (χ1) is 14.6. The van der Waals surface area contributed by atoms with Gasteiger partial charge < -0.3 is 5.32 Å². The van der Waals surface area contributed by atoms with Gasteiger partial charge in [-0.3, -0.25) is 14.4 Å². The molecule has 3 fully saturated rings. The summed E-state index contributed by atoms with van der Waals surface area (Å²) in [7, 11) is 2.07. The molecule has 4 unspecified atom stereocenters. The van der Waals surface area contributed by atoms with Crippen molar-refractivity contribution in [3.8, 4) is 10.6 Å². The van der Waals surface area contributed by atoms with Crippen LogP contribution in [0.2, 0.25) is 0 Å². The molecule has 2 aromatic heterocycles. The van der Waals surface area contributed by atoms with Gasteiger partial charge in [0.2, 0.25) is 0 Å². The first-order valence-electron chi connectivity index (χ1n) is 10.7. The van der Waals surface area contributed by atoms with Crippen molar-refractivity contribution < 1.29 is 4.79 Å². The summed E-state index contributed by atoms with van der Waals surface area (Å²) < 4.78 is 2.08. The number of amides is 1. The van der Waals surface area contributed by atoms with Crippen LogP contribution in [-0.2, 0) is 7.05 Å². The van der Waals surface area contributed by atoms with Crippen LogP contribution < -0.4 is 5.32 Å². The van der Waals surface area contributed by atoms with E-state index in [2.05, 4.69) is 45.5 Å². The first kappa shape index (κ1) is 19.5. The minimum Gasteiger partial charge on any atom is -0.350 e. The smallest absolute Gasteiger partial charge is 0.251 e. The fourth-order valence-corrected chi connectivity index (χ4v) is 5.76. The Labute approximate surface area is 181 Å². The zero-order valence-corrected chi connectivity index (χ0v) is 18.4. The molecule has 6 rings (SSSR count). The summed E-state index contributed by atoms with van der Waals surface area (Å²) in [5.74, 6) is 1.21. The SMILES string of the molecule is Cc1ccc(C(=O)NCC2CC3CCN2CC3c2cc(-c3cccs3)nn2C)cc1. The lowest BCUT2D eigenvalue weighted by atomic mass is 9.74. The van der Waals surface area contributed by atoms with Crippen molar-refractivity contribution in [1.82, 2.24) is 20.0 Å². The van der Waals surface area contributed by atoms with Gasteiger partial charge in [0.25, 0.3) is 5.91 Å². The summed E-state index contributed by atoms with van der Waals surface area (Å²) in [5.41, 5.74) is 4.34. The zero-order chi connectivity index (χ0) is 20.7. The fourth-order valence-electron chi connectivity index (χ4n) is 5.08. The Kier molecular flexibility index (Phi) is 5.21. The summed E-state index contributed by atoms with van der Waals surface area (Å²) in [6.45, 7) is 4.94. The molecule has 0 radical (unpaired) electrons. The average Bonchev–Trinajstić information content (AvgIpc) is 3.43. The summed E-state index contributed by atoms with van der Waals surface area (Å²) in [6, 6.07) is 14.7. The third kappa shape index (κ3) is 3.70. The van der Waals surface area contributed by atoms with Gasteiger partial charge >= 0.3 is 0 Å². The van der Waals surface area contributed by atoms with Gasteiger partial charge in [-0.2, -0.15) is 5.10 Å². The minimum absolute atomic E-state index is 0.0291. The lowest BCUT2D eigenvalue weighted by Gasteiger charge is -2.50. The van der Waals surface area contributed by atoms with Crippen molar-refractivity contribution in [3.05, 3.63) is 64.7 Å². The summed E-state index contributed by atoms with van der Waals surface area (Å²) >= 11 is 1.74. The molecule has 0 saturated carbocycles. The molecule has 6 heteroatoms. The molecule has 156 valence electrons. The Morgan fingerprint density at radius 1 is 1.27 bits per heavy atom. The quantitative estimate of drug-likeness (QED) is 0.677. The number of benzene rings is 1. The van der Waals surface area contributed by atoms with Gasteiger partial charge in [0, 0.05) is 43.4 Å². The second-order valence-corrected chi connectivity index (χ2v) is 9.62. The van der Waals surface area contributed by atoms with Gasteiger partial charge in [-0.05, 0) is 61.9 Å². The van der Waals surface area contributed by atoms with E-state index in [0.717, 1.165) is 37.3 Å². The molecule has 3 aliphatic rings. The number of nitrogens with zero attached hydrogens (tertiary/aromatic N) is 3. The third-order valence-corrected chi connectivity index (χ3v) is 7.65. The predicted molar refractivity (Wildman–Crippen MR) is 121 cm³/mol. The number of carbonyl (C=O) groups excluding carboxylic acids is 1. The van der Waals surface area contributed by atoms with Gasteiger partial charge in [0.05, 0.1) is 4.88 Å². The second kappa shape index (κ2) is 8.00. The highest BCUT2D eigenvalue weighted by Crippen LogP contribution is 2.42. The normalized spacial score (nSPS) is 25.4. The van der Waals surface area contributed by atoms with E-state index in [1.54, 1.807) is 11.3 Å². The maximum Gasteiger partial charge on any atom is 0.251 e. The van der Waals surface area contributed by atoms with Crippen molar-refractivity contribution >= 4 is 17.2 Å². The van der Waals surface area contributed by atoms with Crippen molar-refractivity contribution in [1.29, 1.82) is 0 Å². The highest BCUT2D eigenvalue weighted by molar-refractivity contribution is 7.13. The monoisotopic (exact) mass is 420 g/mol. The number of rotatable bonds is 5. The molecule has 4 atom stereocenters.